The van der Waals surface area contributed by atoms with Gasteiger partial charge in [0.1, 0.15) is 5.75 Å². The minimum Gasteiger partial charge on any atom is -0.495 e. The van der Waals surface area contributed by atoms with Crippen LogP contribution in [0.15, 0.2) is 23.2 Å². The third-order valence-corrected chi connectivity index (χ3v) is 8.45. The lowest BCUT2D eigenvalue weighted by atomic mass is 10.0. The fourth-order valence-corrected chi connectivity index (χ4v) is 7.60. The number of nitrogens with zero attached hydrogens (tertiary/aromatic N) is 2. The number of hydrogen-bond acceptors (Lipinski definition) is 5. The Morgan fingerprint density at radius 2 is 2.07 bits per heavy atom. The topological polar surface area (TPSA) is 76.0 Å². The number of fused-ring (bicyclic) bond motifs is 1. The van der Waals surface area contributed by atoms with E-state index >= 15 is 0 Å². The lowest BCUT2D eigenvalue weighted by molar-refractivity contribution is -0.121. The number of amidine groups is 1. The van der Waals surface area contributed by atoms with E-state index < -0.39 is 9.84 Å². The monoisotopic (exact) mass is 430 g/mol. The van der Waals surface area contributed by atoms with Crippen LogP contribution in [0.2, 0.25) is 5.02 Å². The number of methoxy groups -OCH3 is 1. The summed E-state index contributed by atoms with van der Waals surface area (Å²) in [4.78, 5) is 18.8. The number of aliphatic imine (C=N–C) groups is 1. The fraction of sp³-hybridized carbons (Fsp3) is 0.556. The number of ether oxygens (including phenoxy) is 1. The molecular weight excluding hydrogens is 408 g/mol. The predicted octanol–water partition coefficient (Wildman–Crippen LogP) is 3.39. The first kappa shape index (κ1) is 20.5. The van der Waals surface area contributed by atoms with Crippen molar-refractivity contribution in [1.29, 1.82) is 0 Å². The second-order valence-electron chi connectivity index (χ2n) is 6.73. The Balaban J connectivity index is 2.07. The van der Waals surface area contributed by atoms with Crippen molar-refractivity contribution in [2.75, 3.05) is 23.5 Å². The lowest BCUT2D eigenvalue weighted by Crippen LogP contribution is -2.38. The maximum absolute atomic E-state index is 12.6. The lowest BCUT2D eigenvalue weighted by Gasteiger charge is -2.26. The van der Waals surface area contributed by atoms with E-state index in [-0.39, 0.29) is 34.6 Å². The molecule has 148 valence electrons. The zero-order valence-corrected chi connectivity index (χ0v) is 17.9. The average molecular weight is 431 g/mol. The molecule has 2 fully saturated rings. The van der Waals surface area contributed by atoms with E-state index in [0.717, 1.165) is 12.8 Å². The first-order chi connectivity index (χ1) is 12.8. The van der Waals surface area contributed by atoms with E-state index in [1.807, 2.05) is 18.7 Å². The molecule has 0 bridgehead atoms. The smallest absolute Gasteiger partial charge is 0.251 e. The van der Waals surface area contributed by atoms with Gasteiger partial charge in [0.05, 0.1) is 30.3 Å². The zero-order valence-electron chi connectivity index (χ0n) is 15.5. The number of rotatable bonds is 5. The SMILES string of the molecule is CCC(CC)C(=O)N=C1S[C@H]2CS(=O)(=O)C[C@H]2N1c1cc(Cl)ccc1OC. The Morgan fingerprint density at radius 3 is 2.70 bits per heavy atom. The van der Waals surface area contributed by atoms with Crippen molar-refractivity contribution in [1.82, 2.24) is 0 Å². The van der Waals surface area contributed by atoms with E-state index in [4.69, 9.17) is 16.3 Å². The van der Waals surface area contributed by atoms with Crippen molar-refractivity contribution in [3.05, 3.63) is 23.2 Å². The molecule has 0 radical (unpaired) electrons. The van der Waals surface area contributed by atoms with Crippen LogP contribution in [0.25, 0.3) is 0 Å². The van der Waals surface area contributed by atoms with Gasteiger partial charge in [-0.05, 0) is 31.0 Å². The molecule has 0 aliphatic carbocycles. The Morgan fingerprint density at radius 1 is 1.37 bits per heavy atom. The van der Waals surface area contributed by atoms with Gasteiger partial charge in [-0.25, -0.2) is 8.42 Å². The van der Waals surface area contributed by atoms with Gasteiger partial charge in [0, 0.05) is 16.2 Å². The number of thioether (sulfide) groups is 1. The summed E-state index contributed by atoms with van der Waals surface area (Å²) in [5.41, 5.74) is 0.637. The normalized spacial score (nSPS) is 25.2. The van der Waals surface area contributed by atoms with E-state index in [9.17, 15) is 13.2 Å². The average Bonchev–Trinajstić information content (AvgIpc) is 3.06. The second kappa shape index (κ2) is 8.01. The van der Waals surface area contributed by atoms with E-state index in [2.05, 4.69) is 4.99 Å². The van der Waals surface area contributed by atoms with Crippen molar-refractivity contribution in [2.45, 2.75) is 38.0 Å². The molecule has 6 nitrogen and oxygen atoms in total. The van der Waals surface area contributed by atoms with Gasteiger partial charge in [-0.15, -0.1) is 0 Å². The molecule has 27 heavy (non-hydrogen) atoms. The van der Waals surface area contributed by atoms with Crippen molar-refractivity contribution in [3.8, 4) is 5.75 Å². The standard InChI is InChI=1S/C18H23ClN2O4S2/c1-4-11(5-2)17(22)20-18-21(13-8-12(19)6-7-15(13)25-3)14-9-27(23,24)10-16(14)26-18/h6-8,11,14,16H,4-5,9-10H2,1-3H3/t14-,16+/m1/s1. The molecule has 0 aromatic heterocycles. The highest BCUT2D eigenvalue weighted by Crippen LogP contribution is 2.44. The summed E-state index contributed by atoms with van der Waals surface area (Å²) in [6, 6.07) is 4.88. The molecule has 2 heterocycles. The first-order valence-electron chi connectivity index (χ1n) is 8.92. The molecule has 1 amide bonds. The predicted molar refractivity (Wildman–Crippen MR) is 111 cm³/mol. The molecule has 1 aromatic carbocycles. The van der Waals surface area contributed by atoms with Crippen LogP contribution in [0.1, 0.15) is 26.7 Å². The van der Waals surface area contributed by atoms with Crippen LogP contribution in [0, 0.1) is 5.92 Å². The molecule has 3 rings (SSSR count). The largest absolute Gasteiger partial charge is 0.495 e. The molecule has 0 spiro atoms. The van der Waals surface area contributed by atoms with Gasteiger partial charge in [0.15, 0.2) is 15.0 Å². The third kappa shape index (κ3) is 4.12. The van der Waals surface area contributed by atoms with Crippen molar-refractivity contribution >= 4 is 50.0 Å². The molecule has 2 aliphatic heterocycles. The highest BCUT2D eigenvalue weighted by molar-refractivity contribution is 8.16. The number of benzene rings is 1. The number of anilines is 1. The quantitative estimate of drug-likeness (QED) is 0.712. The van der Waals surface area contributed by atoms with E-state index in [1.54, 1.807) is 25.3 Å². The highest BCUT2D eigenvalue weighted by atomic mass is 35.5. The Kier molecular flexibility index (Phi) is 6.08. The molecule has 0 unspecified atom stereocenters. The van der Waals surface area contributed by atoms with Crippen LogP contribution < -0.4 is 9.64 Å². The van der Waals surface area contributed by atoms with Crippen LogP contribution in [-0.4, -0.2) is 49.4 Å². The molecule has 2 atom stereocenters. The molecule has 2 aliphatic rings. The van der Waals surface area contributed by atoms with Crippen molar-refractivity contribution < 1.29 is 17.9 Å². The van der Waals surface area contributed by atoms with Gasteiger partial charge in [-0.2, -0.15) is 4.99 Å². The van der Waals surface area contributed by atoms with Crippen LogP contribution in [0.4, 0.5) is 5.69 Å². The van der Waals surface area contributed by atoms with Crippen LogP contribution in [-0.2, 0) is 14.6 Å². The second-order valence-corrected chi connectivity index (χ2v) is 10.5. The summed E-state index contributed by atoms with van der Waals surface area (Å²) in [7, 11) is -1.58. The van der Waals surface area contributed by atoms with Crippen LogP contribution in [0.3, 0.4) is 0 Å². The number of halogens is 1. The summed E-state index contributed by atoms with van der Waals surface area (Å²) in [5, 5.41) is 0.870. The number of sulfone groups is 1. The maximum atomic E-state index is 12.6. The minimum atomic E-state index is -3.13. The third-order valence-electron chi connectivity index (χ3n) is 5.01. The van der Waals surface area contributed by atoms with Crippen LogP contribution >= 0.6 is 23.4 Å². The van der Waals surface area contributed by atoms with E-state index in [1.165, 1.54) is 11.8 Å². The molecule has 2 saturated heterocycles. The number of carbonyl (C=O) groups is 1. The summed E-state index contributed by atoms with van der Waals surface area (Å²) < 4.78 is 29.8. The summed E-state index contributed by atoms with van der Waals surface area (Å²) in [6.45, 7) is 3.93. The Bertz CT molecular complexity index is 868. The van der Waals surface area contributed by atoms with Gasteiger partial charge in [0.25, 0.3) is 5.91 Å². The molecule has 1 aromatic rings. The first-order valence-corrected chi connectivity index (χ1v) is 12.0. The molecule has 0 saturated carbocycles. The van der Waals surface area contributed by atoms with Gasteiger partial charge in [-0.3, -0.25) is 4.79 Å². The van der Waals surface area contributed by atoms with Gasteiger partial charge >= 0.3 is 0 Å². The number of amides is 1. The van der Waals surface area contributed by atoms with Crippen molar-refractivity contribution in [2.24, 2.45) is 10.9 Å². The minimum absolute atomic E-state index is 0.0263. The Hall–Kier alpha value is -1.25. The fourth-order valence-electron chi connectivity index (χ4n) is 3.52. The summed E-state index contributed by atoms with van der Waals surface area (Å²) >= 11 is 7.54. The van der Waals surface area contributed by atoms with Crippen LogP contribution in [0.5, 0.6) is 5.75 Å². The number of hydrogen-bond donors (Lipinski definition) is 0. The Labute approximate surface area is 169 Å². The zero-order chi connectivity index (χ0) is 19.8. The molecule has 0 N–H and O–H groups in total. The van der Waals surface area contributed by atoms with Gasteiger partial charge < -0.3 is 9.64 Å². The summed E-state index contributed by atoms with van der Waals surface area (Å²) in [5.74, 6) is 0.368. The molecular formula is C18H23ClN2O4S2. The highest BCUT2D eigenvalue weighted by Gasteiger charge is 2.50. The van der Waals surface area contributed by atoms with Gasteiger partial charge in [0.2, 0.25) is 0 Å². The molecule has 9 heteroatoms. The van der Waals surface area contributed by atoms with Crippen molar-refractivity contribution in [3.63, 3.8) is 0 Å². The number of carbonyl (C=O) groups excluding carboxylic acids is 1. The van der Waals surface area contributed by atoms with E-state index in [0.29, 0.717) is 21.6 Å². The van der Waals surface area contributed by atoms with Gasteiger partial charge in [-0.1, -0.05) is 37.2 Å². The summed E-state index contributed by atoms with van der Waals surface area (Å²) in [6.07, 6.45) is 1.44. The maximum Gasteiger partial charge on any atom is 0.251 e.